The fourth-order valence-corrected chi connectivity index (χ4v) is 2.82. The van der Waals surface area contributed by atoms with Gasteiger partial charge in [0.05, 0.1) is 12.3 Å². The Labute approximate surface area is 95.5 Å². The van der Waals surface area contributed by atoms with E-state index in [4.69, 9.17) is 5.73 Å². The van der Waals surface area contributed by atoms with E-state index in [0.29, 0.717) is 6.54 Å². The van der Waals surface area contributed by atoms with Crippen LogP contribution in [0.3, 0.4) is 0 Å². The molecule has 0 saturated heterocycles. The Hall–Kier alpha value is -0.870. The minimum atomic E-state index is 0.0655. The number of aliphatic hydroxyl groups excluding tert-OH is 1. The number of rotatable bonds is 3. The first-order chi connectivity index (χ1) is 7.80. The maximum atomic E-state index is 9.36. The van der Waals surface area contributed by atoms with Gasteiger partial charge in [-0.25, -0.2) is 4.98 Å². The van der Waals surface area contributed by atoms with Crippen molar-refractivity contribution in [1.82, 2.24) is 9.55 Å². The molecule has 3 rings (SSSR count). The monoisotopic (exact) mass is 221 g/mol. The molecule has 0 atom stereocenters. The Morgan fingerprint density at radius 2 is 2.19 bits per heavy atom. The molecule has 0 bridgehead atoms. The Morgan fingerprint density at radius 3 is 2.81 bits per heavy atom. The van der Waals surface area contributed by atoms with Crippen molar-refractivity contribution in [3.05, 3.63) is 17.2 Å². The second-order valence-electron chi connectivity index (χ2n) is 5.08. The number of fused-ring (bicyclic) bond motifs is 1. The zero-order chi connectivity index (χ0) is 11.2. The molecule has 0 amide bonds. The van der Waals surface area contributed by atoms with Crippen molar-refractivity contribution in [2.75, 3.05) is 6.54 Å². The highest BCUT2D eigenvalue weighted by Crippen LogP contribution is 2.47. The van der Waals surface area contributed by atoms with Crippen molar-refractivity contribution in [1.29, 1.82) is 0 Å². The molecular formula is C12H19N3O. The zero-order valence-corrected chi connectivity index (χ0v) is 9.58. The highest BCUT2D eigenvalue weighted by atomic mass is 16.3. The molecule has 1 fully saturated rings. The quantitative estimate of drug-likeness (QED) is 0.789. The van der Waals surface area contributed by atoms with E-state index in [2.05, 4.69) is 9.55 Å². The van der Waals surface area contributed by atoms with Crippen LogP contribution in [0, 0.1) is 0 Å². The van der Waals surface area contributed by atoms with Gasteiger partial charge in [0.2, 0.25) is 0 Å². The van der Waals surface area contributed by atoms with Gasteiger partial charge < -0.3 is 15.4 Å². The second kappa shape index (κ2) is 3.57. The van der Waals surface area contributed by atoms with E-state index < -0.39 is 0 Å². The van der Waals surface area contributed by atoms with Crippen LogP contribution in [-0.2, 0) is 25.0 Å². The average Bonchev–Trinajstić information content (AvgIpc) is 3.04. The Balaban J connectivity index is 2.08. The summed E-state index contributed by atoms with van der Waals surface area (Å²) in [5, 5.41) is 9.36. The first kappa shape index (κ1) is 10.3. The molecule has 1 aromatic rings. The third kappa shape index (κ3) is 1.33. The van der Waals surface area contributed by atoms with Crippen molar-refractivity contribution in [3.8, 4) is 0 Å². The summed E-state index contributed by atoms with van der Waals surface area (Å²) >= 11 is 0. The second-order valence-corrected chi connectivity index (χ2v) is 5.08. The van der Waals surface area contributed by atoms with Crippen LogP contribution in [0.4, 0.5) is 0 Å². The van der Waals surface area contributed by atoms with Gasteiger partial charge in [0.15, 0.2) is 0 Å². The maximum absolute atomic E-state index is 9.36. The molecule has 2 aliphatic rings. The molecule has 1 saturated carbocycles. The van der Waals surface area contributed by atoms with Crippen molar-refractivity contribution >= 4 is 0 Å². The molecule has 0 spiro atoms. The molecule has 4 nitrogen and oxygen atoms in total. The van der Waals surface area contributed by atoms with E-state index in [1.54, 1.807) is 0 Å². The van der Waals surface area contributed by atoms with Crippen LogP contribution >= 0.6 is 0 Å². The van der Waals surface area contributed by atoms with Crippen LogP contribution in [0.1, 0.15) is 42.9 Å². The molecule has 1 aliphatic heterocycles. The highest BCUT2D eigenvalue weighted by Gasteiger charge is 2.47. The molecule has 3 N–H and O–H groups in total. The fraction of sp³-hybridized carbons (Fsp3) is 0.750. The number of nitrogens with two attached hydrogens (primary N) is 1. The number of hydrogen-bond acceptors (Lipinski definition) is 3. The van der Waals surface area contributed by atoms with Crippen LogP contribution in [0.2, 0.25) is 0 Å². The summed E-state index contributed by atoms with van der Waals surface area (Å²) < 4.78 is 2.33. The molecule has 0 radical (unpaired) electrons. The highest BCUT2D eigenvalue weighted by molar-refractivity contribution is 5.28. The van der Waals surface area contributed by atoms with E-state index in [-0.39, 0.29) is 12.0 Å². The van der Waals surface area contributed by atoms with Gasteiger partial charge in [-0.15, -0.1) is 0 Å². The van der Waals surface area contributed by atoms with Crippen molar-refractivity contribution < 1.29 is 5.11 Å². The number of nitrogens with zero attached hydrogens (tertiary/aromatic N) is 2. The molecule has 0 aromatic carbocycles. The first-order valence-electron chi connectivity index (χ1n) is 6.20. The maximum Gasteiger partial charge on any atom is 0.116 e. The molecule has 4 heteroatoms. The first-order valence-corrected chi connectivity index (χ1v) is 6.20. The van der Waals surface area contributed by atoms with Gasteiger partial charge in [0, 0.05) is 24.2 Å². The summed E-state index contributed by atoms with van der Waals surface area (Å²) in [5.74, 6) is 1.15. The molecule has 1 aliphatic carbocycles. The summed E-state index contributed by atoms with van der Waals surface area (Å²) in [5.41, 5.74) is 8.14. The van der Waals surface area contributed by atoms with E-state index in [1.807, 2.05) is 0 Å². The van der Waals surface area contributed by atoms with Crippen molar-refractivity contribution in [3.63, 3.8) is 0 Å². The normalized spacial score (nSPS) is 21.9. The van der Waals surface area contributed by atoms with Crippen LogP contribution in [-0.4, -0.2) is 21.2 Å². The Bertz CT molecular complexity index is 407. The number of imidazole rings is 1. The lowest BCUT2D eigenvalue weighted by molar-refractivity contribution is 0.275. The lowest BCUT2D eigenvalue weighted by atomic mass is 10.1. The fourth-order valence-electron chi connectivity index (χ4n) is 2.82. The van der Waals surface area contributed by atoms with Gasteiger partial charge >= 0.3 is 0 Å². The zero-order valence-electron chi connectivity index (χ0n) is 9.58. The predicted molar refractivity (Wildman–Crippen MR) is 61.1 cm³/mol. The Morgan fingerprint density at radius 1 is 1.38 bits per heavy atom. The van der Waals surface area contributed by atoms with Crippen molar-refractivity contribution in [2.24, 2.45) is 5.73 Å². The summed E-state index contributed by atoms with van der Waals surface area (Å²) in [6, 6.07) is 0. The van der Waals surface area contributed by atoms with Gasteiger partial charge in [-0.2, -0.15) is 0 Å². The van der Waals surface area contributed by atoms with Gasteiger partial charge in [0.25, 0.3) is 0 Å². The van der Waals surface area contributed by atoms with Gasteiger partial charge in [-0.3, -0.25) is 0 Å². The molecule has 88 valence electrons. The minimum Gasteiger partial charge on any atom is -0.390 e. The van der Waals surface area contributed by atoms with Crippen LogP contribution in [0.25, 0.3) is 0 Å². The van der Waals surface area contributed by atoms with E-state index in [9.17, 15) is 5.11 Å². The predicted octanol–water partition coefficient (Wildman–Crippen LogP) is 0.702. The Kier molecular flexibility index (Phi) is 2.30. The third-order valence-corrected chi connectivity index (χ3v) is 4.07. The number of aromatic nitrogens is 2. The summed E-state index contributed by atoms with van der Waals surface area (Å²) in [7, 11) is 0. The summed E-state index contributed by atoms with van der Waals surface area (Å²) in [6.45, 7) is 1.81. The van der Waals surface area contributed by atoms with Gasteiger partial charge in [-0.05, 0) is 32.1 Å². The molecule has 2 heterocycles. The minimum absolute atomic E-state index is 0.0655. The SMILES string of the molecule is NCC1(c2nc(CO)c3n2CCCC3)CC1. The van der Waals surface area contributed by atoms with Crippen molar-refractivity contribution in [2.45, 2.75) is 50.7 Å². The third-order valence-electron chi connectivity index (χ3n) is 4.07. The smallest absolute Gasteiger partial charge is 0.116 e. The average molecular weight is 221 g/mol. The number of hydrogen-bond donors (Lipinski definition) is 2. The summed E-state index contributed by atoms with van der Waals surface area (Å²) in [6.07, 6.45) is 5.81. The van der Waals surface area contributed by atoms with E-state index in [0.717, 1.165) is 37.3 Å². The largest absolute Gasteiger partial charge is 0.390 e. The number of aliphatic hydroxyl groups is 1. The molecule has 16 heavy (non-hydrogen) atoms. The van der Waals surface area contributed by atoms with E-state index in [1.165, 1.54) is 18.5 Å². The van der Waals surface area contributed by atoms with Gasteiger partial charge in [0.1, 0.15) is 5.82 Å². The van der Waals surface area contributed by atoms with Crippen LogP contribution < -0.4 is 5.73 Å². The van der Waals surface area contributed by atoms with E-state index >= 15 is 0 Å². The molecule has 0 unspecified atom stereocenters. The lowest BCUT2D eigenvalue weighted by Crippen LogP contribution is -2.26. The van der Waals surface area contributed by atoms with Crippen LogP contribution in [0.15, 0.2) is 0 Å². The van der Waals surface area contributed by atoms with Gasteiger partial charge in [-0.1, -0.05) is 0 Å². The molecular weight excluding hydrogens is 202 g/mol. The lowest BCUT2D eigenvalue weighted by Gasteiger charge is -2.20. The molecule has 1 aromatic heterocycles. The summed E-state index contributed by atoms with van der Waals surface area (Å²) in [4.78, 5) is 4.65. The van der Waals surface area contributed by atoms with Crippen LogP contribution in [0.5, 0.6) is 0 Å². The topological polar surface area (TPSA) is 64.1 Å². The standard InChI is InChI=1S/C12H19N3O/c13-8-12(4-5-12)11-14-9(7-16)10-3-1-2-6-15(10)11/h16H,1-8,13H2.